The third-order valence-electron chi connectivity index (χ3n) is 4.82. The molecule has 0 aliphatic heterocycles. The number of amides is 1. The number of sulfonamides is 1. The van der Waals surface area contributed by atoms with E-state index in [2.05, 4.69) is 12.2 Å². The van der Waals surface area contributed by atoms with Crippen LogP contribution in [-0.2, 0) is 21.2 Å². The minimum absolute atomic E-state index is 0.131. The van der Waals surface area contributed by atoms with Crippen molar-refractivity contribution in [2.24, 2.45) is 0 Å². The Hall–Kier alpha value is -3.32. The predicted octanol–water partition coefficient (Wildman–Crippen LogP) is 4.03. The molecule has 0 saturated carbocycles. The lowest BCUT2D eigenvalue weighted by atomic mass is 10.1. The Morgan fingerprint density at radius 3 is 2.16 bits per heavy atom. The maximum atomic E-state index is 13.2. The van der Waals surface area contributed by atoms with Gasteiger partial charge in [-0.05, 0) is 48.4 Å². The predicted molar refractivity (Wildman–Crippen MR) is 126 cm³/mol. The third-order valence-corrected chi connectivity index (χ3v) is 6.61. The molecule has 7 heteroatoms. The topological polar surface area (TPSA) is 75.7 Å². The van der Waals surface area contributed by atoms with Crippen LogP contribution >= 0.6 is 0 Å². The first-order valence-corrected chi connectivity index (χ1v) is 12.1. The van der Waals surface area contributed by atoms with Gasteiger partial charge in [0, 0.05) is 0 Å². The van der Waals surface area contributed by atoms with Crippen LogP contribution in [0.1, 0.15) is 18.9 Å². The highest BCUT2D eigenvalue weighted by Gasteiger charge is 2.26. The van der Waals surface area contributed by atoms with E-state index in [9.17, 15) is 13.2 Å². The van der Waals surface area contributed by atoms with Gasteiger partial charge in [0.1, 0.15) is 18.9 Å². The van der Waals surface area contributed by atoms with Crippen molar-refractivity contribution in [1.82, 2.24) is 5.32 Å². The summed E-state index contributed by atoms with van der Waals surface area (Å²) in [4.78, 5) is 12.7. The van der Waals surface area contributed by atoms with Crippen molar-refractivity contribution in [3.05, 3.63) is 90.5 Å². The Morgan fingerprint density at radius 2 is 1.53 bits per heavy atom. The second-order valence-corrected chi connectivity index (χ2v) is 9.11. The van der Waals surface area contributed by atoms with E-state index in [0.29, 0.717) is 5.69 Å². The average molecular weight is 453 g/mol. The van der Waals surface area contributed by atoms with Crippen molar-refractivity contribution in [3.63, 3.8) is 0 Å². The van der Waals surface area contributed by atoms with Crippen LogP contribution in [0, 0.1) is 0 Å². The van der Waals surface area contributed by atoms with Crippen LogP contribution in [0.15, 0.2) is 89.8 Å². The first-order valence-electron chi connectivity index (χ1n) is 10.6. The summed E-state index contributed by atoms with van der Waals surface area (Å²) in [6, 6.07) is 24.6. The van der Waals surface area contributed by atoms with Gasteiger partial charge in [0.15, 0.2) is 0 Å². The molecule has 0 unspecified atom stereocenters. The van der Waals surface area contributed by atoms with E-state index in [1.54, 1.807) is 48.5 Å². The van der Waals surface area contributed by atoms with Gasteiger partial charge in [-0.1, -0.05) is 61.9 Å². The van der Waals surface area contributed by atoms with Gasteiger partial charge in [0.2, 0.25) is 5.91 Å². The number of hydrogen-bond donors (Lipinski definition) is 1. The number of hydrogen-bond acceptors (Lipinski definition) is 4. The molecule has 0 aliphatic rings. The van der Waals surface area contributed by atoms with Crippen LogP contribution < -0.4 is 14.4 Å². The van der Waals surface area contributed by atoms with Gasteiger partial charge in [-0.15, -0.1) is 0 Å². The van der Waals surface area contributed by atoms with Crippen molar-refractivity contribution in [1.29, 1.82) is 0 Å². The molecule has 0 aliphatic carbocycles. The van der Waals surface area contributed by atoms with E-state index in [4.69, 9.17) is 4.74 Å². The van der Waals surface area contributed by atoms with Gasteiger partial charge in [-0.2, -0.15) is 0 Å². The standard InChI is InChI=1S/C25H28N2O4S/c1-2-9-21-14-16-23(17-15-21)31-19-18-26-25(28)20-27(22-10-5-3-6-11-22)32(29,30)24-12-7-4-8-13-24/h3-8,10-17H,2,9,18-20H2,1H3,(H,26,28). The normalized spacial score (nSPS) is 11.0. The summed E-state index contributed by atoms with van der Waals surface area (Å²) < 4.78 is 33.1. The lowest BCUT2D eigenvalue weighted by Crippen LogP contribution is -2.41. The zero-order valence-electron chi connectivity index (χ0n) is 18.1. The minimum Gasteiger partial charge on any atom is -0.492 e. The lowest BCUT2D eigenvalue weighted by Gasteiger charge is -2.24. The Morgan fingerprint density at radius 1 is 0.906 bits per heavy atom. The van der Waals surface area contributed by atoms with E-state index < -0.39 is 15.9 Å². The molecule has 3 aromatic rings. The molecular weight excluding hydrogens is 424 g/mol. The summed E-state index contributed by atoms with van der Waals surface area (Å²) in [7, 11) is -3.89. The molecule has 32 heavy (non-hydrogen) atoms. The van der Waals surface area contributed by atoms with Gasteiger partial charge < -0.3 is 10.1 Å². The molecule has 0 atom stereocenters. The summed E-state index contributed by atoms with van der Waals surface area (Å²) >= 11 is 0. The largest absolute Gasteiger partial charge is 0.492 e. The number of nitrogens with zero attached hydrogens (tertiary/aromatic N) is 1. The van der Waals surface area contributed by atoms with E-state index >= 15 is 0 Å². The summed E-state index contributed by atoms with van der Waals surface area (Å²) in [5, 5.41) is 2.74. The molecule has 0 aromatic heterocycles. The van der Waals surface area contributed by atoms with Gasteiger partial charge in [-0.25, -0.2) is 8.42 Å². The summed E-state index contributed by atoms with van der Waals surface area (Å²) in [6.07, 6.45) is 2.12. The highest BCUT2D eigenvalue weighted by Crippen LogP contribution is 2.23. The number of anilines is 1. The SMILES string of the molecule is CCCc1ccc(OCCNC(=O)CN(c2ccccc2)S(=O)(=O)c2ccccc2)cc1. The molecule has 0 radical (unpaired) electrons. The molecule has 0 heterocycles. The molecule has 0 bridgehead atoms. The van der Waals surface area contributed by atoms with Crippen LogP contribution in [-0.4, -0.2) is 34.0 Å². The molecule has 168 valence electrons. The smallest absolute Gasteiger partial charge is 0.264 e. The highest BCUT2D eigenvalue weighted by molar-refractivity contribution is 7.92. The molecule has 1 N–H and O–H groups in total. The maximum absolute atomic E-state index is 13.2. The van der Waals surface area contributed by atoms with Gasteiger partial charge in [-0.3, -0.25) is 9.10 Å². The quantitative estimate of drug-likeness (QED) is 0.446. The molecule has 0 saturated heterocycles. The van der Waals surface area contributed by atoms with Crippen LogP contribution in [0.5, 0.6) is 5.75 Å². The van der Waals surface area contributed by atoms with Gasteiger partial charge in [0.25, 0.3) is 10.0 Å². The van der Waals surface area contributed by atoms with Crippen molar-refractivity contribution in [2.75, 3.05) is 24.0 Å². The Kier molecular flexibility index (Phi) is 8.27. The van der Waals surface area contributed by atoms with E-state index in [-0.39, 0.29) is 24.6 Å². The molecule has 1 amide bonds. The number of aryl methyl sites for hydroxylation is 1. The molecule has 6 nitrogen and oxygen atoms in total. The highest BCUT2D eigenvalue weighted by atomic mass is 32.2. The van der Waals surface area contributed by atoms with E-state index in [1.165, 1.54) is 17.7 Å². The maximum Gasteiger partial charge on any atom is 0.264 e. The Balaban J connectivity index is 1.59. The Labute approximate surface area is 189 Å². The summed E-state index contributed by atoms with van der Waals surface area (Å²) in [5.74, 6) is 0.326. The number of nitrogens with one attached hydrogen (secondary N) is 1. The van der Waals surface area contributed by atoms with Crippen molar-refractivity contribution in [3.8, 4) is 5.75 Å². The first kappa shape index (κ1) is 23.3. The monoisotopic (exact) mass is 452 g/mol. The number of carbonyl (C=O) groups is 1. The van der Waals surface area contributed by atoms with Crippen molar-refractivity contribution in [2.45, 2.75) is 24.7 Å². The molecule has 0 fully saturated rings. The van der Waals surface area contributed by atoms with Gasteiger partial charge in [0.05, 0.1) is 17.1 Å². The fourth-order valence-corrected chi connectivity index (χ4v) is 4.66. The zero-order valence-corrected chi connectivity index (χ0v) is 18.9. The third kappa shape index (κ3) is 6.34. The fraction of sp³-hybridized carbons (Fsp3) is 0.240. The number of rotatable bonds is 11. The van der Waals surface area contributed by atoms with E-state index in [0.717, 1.165) is 22.9 Å². The number of para-hydroxylation sites is 1. The second kappa shape index (κ2) is 11.3. The summed E-state index contributed by atoms with van der Waals surface area (Å²) in [6.45, 7) is 2.36. The number of benzene rings is 3. The number of carbonyl (C=O) groups excluding carboxylic acids is 1. The fourth-order valence-electron chi connectivity index (χ4n) is 3.22. The van der Waals surface area contributed by atoms with Crippen LogP contribution in [0.4, 0.5) is 5.69 Å². The molecule has 3 aromatic carbocycles. The van der Waals surface area contributed by atoms with Crippen LogP contribution in [0.2, 0.25) is 0 Å². The van der Waals surface area contributed by atoms with Gasteiger partial charge >= 0.3 is 0 Å². The van der Waals surface area contributed by atoms with E-state index in [1.807, 2.05) is 24.3 Å². The first-order chi connectivity index (χ1) is 15.5. The van der Waals surface area contributed by atoms with Crippen LogP contribution in [0.3, 0.4) is 0 Å². The molecule has 0 spiro atoms. The van der Waals surface area contributed by atoms with Crippen LogP contribution in [0.25, 0.3) is 0 Å². The minimum atomic E-state index is -3.89. The average Bonchev–Trinajstić information content (AvgIpc) is 2.82. The second-order valence-electron chi connectivity index (χ2n) is 7.25. The van der Waals surface area contributed by atoms with Crippen molar-refractivity contribution < 1.29 is 17.9 Å². The summed E-state index contributed by atoms with van der Waals surface area (Å²) in [5.41, 5.74) is 1.68. The molecular formula is C25H28N2O4S. The number of ether oxygens (including phenoxy) is 1. The molecule has 3 rings (SSSR count). The van der Waals surface area contributed by atoms with Crippen molar-refractivity contribution >= 4 is 21.6 Å². The zero-order chi connectivity index (χ0) is 22.8. The Bertz CT molecular complexity index is 1090. The lowest BCUT2D eigenvalue weighted by molar-refractivity contribution is -0.119.